The van der Waals surface area contributed by atoms with E-state index < -0.39 is 0 Å². The molecule has 6 heteroatoms. The summed E-state index contributed by atoms with van der Waals surface area (Å²) in [5.41, 5.74) is 1.31. The summed E-state index contributed by atoms with van der Waals surface area (Å²) in [5.74, 6) is -0.0957. The summed E-state index contributed by atoms with van der Waals surface area (Å²) in [6, 6.07) is 10.5. The fourth-order valence-electron chi connectivity index (χ4n) is 2.39. The second kappa shape index (κ2) is 8.66. The van der Waals surface area contributed by atoms with E-state index >= 15 is 0 Å². The first kappa shape index (κ1) is 18.2. The Kier molecular flexibility index (Phi) is 6.58. The highest BCUT2D eigenvalue weighted by atomic mass is 35.5. The molecule has 0 saturated carbocycles. The number of nitrogens with one attached hydrogen (secondary N) is 1. The molecular weight excluding hydrogens is 326 g/mol. The number of halogens is 1. The zero-order chi connectivity index (χ0) is 17.5. The minimum Gasteiger partial charge on any atom is -0.324 e. The first-order valence-electron chi connectivity index (χ1n) is 7.99. The van der Waals surface area contributed by atoms with Crippen LogP contribution < -0.4 is 10.9 Å². The van der Waals surface area contributed by atoms with Crippen molar-refractivity contribution in [2.45, 2.75) is 20.4 Å². The van der Waals surface area contributed by atoms with Gasteiger partial charge in [-0.3, -0.25) is 14.5 Å². The van der Waals surface area contributed by atoms with Crippen LogP contribution in [0, 0.1) is 0 Å². The number of rotatable bonds is 7. The average molecular weight is 348 g/mol. The molecule has 1 aromatic heterocycles. The van der Waals surface area contributed by atoms with Gasteiger partial charge in [0.05, 0.1) is 18.8 Å². The molecule has 1 N–H and O–H groups in total. The standard InChI is InChI=1S/C18H22ClN3O2/c1-3-21(4-2)13-17(23)20-15-9-10-18(24)22(12-15)11-14-7-5-6-8-16(14)19/h5-10,12H,3-4,11,13H2,1-2H3,(H,20,23). The number of hydrogen-bond donors (Lipinski definition) is 1. The highest BCUT2D eigenvalue weighted by molar-refractivity contribution is 6.31. The van der Waals surface area contributed by atoms with Crippen LogP contribution in [-0.4, -0.2) is 35.0 Å². The molecular formula is C18H22ClN3O2. The Morgan fingerprint density at radius 1 is 1.17 bits per heavy atom. The predicted molar refractivity (Wildman–Crippen MR) is 97.7 cm³/mol. The molecule has 128 valence electrons. The van der Waals surface area contributed by atoms with E-state index in [9.17, 15) is 9.59 Å². The summed E-state index contributed by atoms with van der Waals surface area (Å²) in [6.45, 7) is 6.35. The van der Waals surface area contributed by atoms with E-state index in [-0.39, 0.29) is 11.5 Å². The quantitative estimate of drug-likeness (QED) is 0.838. The molecule has 24 heavy (non-hydrogen) atoms. The molecule has 0 aliphatic rings. The molecule has 0 fully saturated rings. The van der Waals surface area contributed by atoms with Crippen molar-refractivity contribution in [3.8, 4) is 0 Å². The van der Waals surface area contributed by atoms with Crippen LogP contribution >= 0.6 is 11.6 Å². The van der Waals surface area contributed by atoms with Crippen molar-refractivity contribution in [1.29, 1.82) is 0 Å². The Hall–Kier alpha value is -2.11. The summed E-state index contributed by atoms with van der Waals surface area (Å²) in [5, 5.41) is 3.45. The predicted octanol–water partition coefficient (Wildman–Crippen LogP) is 2.83. The third-order valence-electron chi connectivity index (χ3n) is 3.83. The lowest BCUT2D eigenvalue weighted by Crippen LogP contribution is -2.33. The lowest BCUT2D eigenvalue weighted by Gasteiger charge is -2.17. The van der Waals surface area contributed by atoms with Gasteiger partial charge in [0.15, 0.2) is 0 Å². The fraction of sp³-hybridized carbons (Fsp3) is 0.333. The number of hydrogen-bond acceptors (Lipinski definition) is 3. The van der Waals surface area contributed by atoms with Gasteiger partial charge in [0, 0.05) is 17.3 Å². The molecule has 0 atom stereocenters. The monoisotopic (exact) mass is 347 g/mol. The van der Waals surface area contributed by atoms with Gasteiger partial charge in [-0.15, -0.1) is 0 Å². The van der Waals surface area contributed by atoms with Crippen LogP contribution in [0.4, 0.5) is 5.69 Å². The zero-order valence-corrected chi connectivity index (χ0v) is 14.7. The minimum atomic E-state index is -0.142. The van der Waals surface area contributed by atoms with Crippen molar-refractivity contribution in [3.05, 3.63) is 63.5 Å². The minimum absolute atomic E-state index is 0.0957. The number of aromatic nitrogens is 1. The van der Waals surface area contributed by atoms with Crippen molar-refractivity contribution < 1.29 is 4.79 Å². The van der Waals surface area contributed by atoms with Crippen LogP contribution in [0.3, 0.4) is 0 Å². The van der Waals surface area contributed by atoms with Crippen LogP contribution in [0.2, 0.25) is 5.02 Å². The van der Waals surface area contributed by atoms with Gasteiger partial charge in [-0.2, -0.15) is 0 Å². The van der Waals surface area contributed by atoms with E-state index in [0.717, 1.165) is 18.7 Å². The molecule has 0 bridgehead atoms. The molecule has 0 radical (unpaired) electrons. The second-order valence-electron chi connectivity index (χ2n) is 5.48. The molecule has 0 unspecified atom stereocenters. The Morgan fingerprint density at radius 2 is 1.88 bits per heavy atom. The van der Waals surface area contributed by atoms with Crippen LogP contribution in [0.15, 0.2) is 47.4 Å². The van der Waals surface area contributed by atoms with E-state index in [4.69, 9.17) is 11.6 Å². The van der Waals surface area contributed by atoms with Gasteiger partial charge in [-0.25, -0.2) is 0 Å². The second-order valence-corrected chi connectivity index (χ2v) is 5.89. The van der Waals surface area contributed by atoms with Gasteiger partial charge >= 0.3 is 0 Å². The summed E-state index contributed by atoms with van der Waals surface area (Å²) < 4.78 is 1.54. The molecule has 0 aliphatic carbocycles. The Labute approximate surface area is 146 Å². The molecule has 2 rings (SSSR count). The smallest absolute Gasteiger partial charge is 0.250 e. The number of carbonyl (C=O) groups is 1. The van der Waals surface area contributed by atoms with Crippen molar-refractivity contribution >= 4 is 23.2 Å². The number of amides is 1. The molecule has 0 aliphatic heterocycles. The lowest BCUT2D eigenvalue weighted by atomic mass is 10.2. The molecule has 5 nitrogen and oxygen atoms in total. The van der Waals surface area contributed by atoms with Crippen LogP contribution in [0.5, 0.6) is 0 Å². The first-order valence-corrected chi connectivity index (χ1v) is 8.37. The Morgan fingerprint density at radius 3 is 2.54 bits per heavy atom. The van der Waals surface area contributed by atoms with E-state index in [1.807, 2.05) is 36.9 Å². The molecule has 0 spiro atoms. The van der Waals surface area contributed by atoms with Gasteiger partial charge in [-0.05, 0) is 30.8 Å². The number of carbonyl (C=O) groups excluding carboxylic acids is 1. The van der Waals surface area contributed by atoms with Crippen molar-refractivity contribution in [3.63, 3.8) is 0 Å². The van der Waals surface area contributed by atoms with Crippen molar-refractivity contribution in [2.75, 3.05) is 25.0 Å². The van der Waals surface area contributed by atoms with Gasteiger partial charge in [0.2, 0.25) is 5.91 Å². The highest BCUT2D eigenvalue weighted by Crippen LogP contribution is 2.16. The van der Waals surface area contributed by atoms with Gasteiger partial charge in [-0.1, -0.05) is 43.6 Å². The maximum Gasteiger partial charge on any atom is 0.250 e. The van der Waals surface area contributed by atoms with Gasteiger partial charge in [0.25, 0.3) is 5.56 Å². The fourth-order valence-corrected chi connectivity index (χ4v) is 2.59. The normalized spacial score (nSPS) is 10.8. The number of pyridine rings is 1. The Bertz CT molecular complexity index is 754. The largest absolute Gasteiger partial charge is 0.324 e. The van der Waals surface area contributed by atoms with Gasteiger partial charge in [0.1, 0.15) is 0 Å². The maximum absolute atomic E-state index is 12.1. The summed E-state index contributed by atoms with van der Waals surface area (Å²) >= 11 is 6.15. The number of anilines is 1. The highest BCUT2D eigenvalue weighted by Gasteiger charge is 2.09. The Balaban J connectivity index is 2.12. The molecule has 0 saturated heterocycles. The molecule has 1 amide bonds. The van der Waals surface area contributed by atoms with Crippen LogP contribution in [0.1, 0.15) is 19.4 Å². The molecule has 1 heterocycles. The van der Waals surface area contributed by atoms with Crippen molar-refractivity contribution in [2.24, 2.45) is 0 Å². The number of benzene rings is 1. The summed E-state index contributed by atoms with van der Waals surface area (Å²) in [6.07, 6.45) is 1.64. The molecule has 2 aromatic rings. The van der Waals surface area contributed by atoms with E-state index in [1.54, 1.807) is 18.3 Å². The summed E-state index contributed by atoms with van der Waals surface area (Å²) in [7, 11) is 0. The maximum atomic E-state index is 12.1. The molecule has 1 aromatic carbocycles. The third-order valence-corrected chi connectivity index (χ3v) is 4.20. The summed E-state index contributed by atoms with van der Waals surface area (Å²) in [4.78, 5) is 26.2. The van der Waals surface area contributed by atoms with Crippen LogP contribution in [0.25, 0.3) is 0 Å². The first-order chi connectivity index (χ1) is 11.5. The average Bonchev–Trinajstić information content (AvgIpc) is 2.57. The van der Waals surface area contributed by atoms with E-state index in [2.05, 4.69) is 5.32 Å². The number of likely N-dealkylation sites (N-methyl/N-ethyl adjacent to an activating group) is 1. The van der Waals surface area contributed by atoms with Crippen LogP contribution in [-0.2, 0) is 11.3 Å². The SMILES string of the molecule is CCN(CC)CC(=O)Nc1ccc(=O)n(Cc2ccccc2Cl)c1. The van der Waals surface area contributed by atoms with E-state index in [0.29, 0.717) is 23.8 Å². The zero-order valence-electron chi connectivity index (χ0n) is 14.0. The topological polar surface area (TPSA) is 54.3 Å². The third kappa shape index (κ3) is 4.94. The van der Waals surface area contributed by atoms with Crippen molar-refractivity contribution in [1.82, 2.24) is 9.47 Å². The lowest BCUT2D eigenvalue weighted by molar-refractivity contribution is -0.117. The number of nitrogens with zero attached hydrogens (tertiary/aromatic N) is 2. The van der Waals surface area contributed by atoms with E-state index in [1.165, 1.54) is 10.6 Å². The van der Waals surface area contributed by atoms with Gasteiger partial charge < -0.3 is 9.88 Å².